The zero-order valence-corrected chi connectivity index (χ0v) is 18.1. The van der Waals surface area contributed by atoms with Crippen molar-refractivity contribution in [2.75, 3.05) is 26.2 Å². The minimum Gasteiger partial charge on any atom is -0.339 e. The van der Waals surface area contributed by atoms with Crippen LogP contribution in [0.1, 0.15) is 54.4 Å². The molecule has 32 heavy (non-hydrogen) atoms. The molecule has 1 aromatic heterocycles. The molecule has 3 heterocycles. The first kappa shape index (κ1) is 21.1. The fourth-order valence-electron chi connectivity index (χ4n) is 5.40. The lowest BCUT2D eigenvalue weighted by Crippen LogP contribution is -2.63. The quantitative estimate of drug-likeness (QED) is 0.729. The number of benzene rings is 1. The highest BCUT2D eigenvalue weighted by atomic mass is 19.1. The second kappa shape index (κ2) is 7.98. The van der Waals surface area contributed by atoms with Crippen molar-refractivity contribution in [1.82, 2.24) is 19.6 Å². The summed E-state index contributed by atoms with van der Waals surface area (Å²) in [5.41, 5.74) is -0.383. The Labute approximate surface area is 186 Å². The van der Waals surface area contributed by atoms with E-state index in [0.29, 0.717) is 51.1 Å². The number of hydrogen-bond donors (Lipinski definition) is 0. The lowest BCUT2D eigenvalue weighted by molar-refractivity contribution is -0.158. The van der Waals surface area contributed by atoms with Crippen LogP contribution in [0.5, 0.6) is 0 Å². The Morgan fingerprint density at radius 1 is 0.969 bits per heavy atom. The van der Waals surface area contributed by atoms with Gasteiger partial charge in [-0.05, 0) is 49.8 Å². The van der Waals surface area contributed by atoms with Crippen LogP contribution in [0.15, 0.2) is 36.7 Å². The number of carbonyl (C=O) groups excluding carboxylic acids is 2. The molecule has 3 fully saturated rings. The zero-order chi connectivity index (χ0) is 22.3. The summed E-state index contributed by atoms with van der Waals surface area (Å²) in [6, 6.07) is 6.20. The summed E-state index contributed by atoms with van der Waals surface area (Å²) in [6.45, 7) is 2.73. The number of nitrogens with zero attached hydrogens (tertiary/aromatic N) is 4. The van der Waals surface area contributed by atoms with Crippen LogP contribution in [0.3, 0.4) is 0 Å². The zero-order valence-electron chi connectivity index (χ0n) is 18.1. The monoisotopic (exact) mass is 442 g/mol. The molecule has 2 amide bonds. The Hall–Kier alpha value is -2.77. The average molecular weight is 443 g/mol. The first-order chi connectivity index (χ1) is 15.4. The highest BCUT2D eigenvalue weighted by molar-refractivity contribution is 5.94. The molecule has 2 aliphatic heterocycles. The maximum absolute atomic E-state index is 15.0. The first-order valence-corrected chi connectivity index (χ1v) is 11.4. The fourth-order valence-corrected chi connectivity index (χ4v) is 5.40. The SMILES string of the molecule is O=C(c1cnn(Cc2ccc(F)cc2)c1)N1CCC2(C1)CN(C(=O)C1(F)CCCCC1)C2. The van der Waals surface area contributed by atoms with E-state index in [2.05, 4.69) is 5.10 Å². The maximum Gasteiger partial charge on any atom is 0.260 e. The van der Waals surface area contributed by atoms with Crippen molar-refractivity contribution in [3.63, 3.8) is 0 Å². The standard InChI is InChI=1S/C24H28F2N4O2/c25-20-6-4-18(5-7-20)13-30-14-19(12-27-30)21(31)28-11-10-23(15-28)16-29(17-23)22(32)24(26)8-2-1-3-9-24/h4-7,12,14H,1-3,8-11,13,15-17H2. The number of carbonyl (C=O) groups is 2. The van der Waals surface area contributed by atoms with Gasteiger partial charge >= 0.3 is 0 Å². The number of likely N-dealkylation sites (tertiary alicyclic amines) is 2. The molecule has 0 atom stereocenters. The predicted molar refractivity (Wildman–Crippen MR) is 114 cm³/mol. The van der Waals surface area contributed by atoms with Gasteiger partial charge in [-0.15, -0.1) is 0 Å². The van der Waals surface area contributed by atoms with Gasteiger partial charge < -0.3 is 9.80 Å². The molecule has 1 aromatic carbocycles. The van der Waals surface area contributed by atoms with Crippen molar-refractivity contribution < 1.29 is 18.4 Å². The van der Waals surface area contributed by atoms with Crippen molar-refractivity contribution in [3.8, 4) is 0 Å². The Morgan fingerprint density at radius 2 is 1.66 bits per heavy atom. The number of rotatable bonds is 4. The van der Waals surface area contributed by atoms with Crippen molar-refractivity contribution in [3.05, 3.63) is 53.6 Å². The summed E-state index contributed by atoms with van der Waals surface area (Å²) < 4.78 is 29.8. The molecule has 2 saturated heterocycles. The highest BCUT2D eigenvalue weighted by Gasteiger charge is 2.54. The number of aromatic nitrogens is 2. The molecule has 6 nitrogen and oxygen atoms in total. The van der Waals surface area contributed by atoms with Gasteiger partial charge in [0.1, 0.15) is 5.82 Å². The predicted octanol–water partition coefficient (Wildman–Crippen LogP) is 3.42. The van der Waals surface area contributed by atoms with Gasteiger partial charge in [0.15, 0.2) is 5.67 Å². The van der Waals surface area contributed by atoms with E-state index in [1.807, 2.05) is 4.90 Å². The van der Waals surface area contributed by atoms with Crippen molar-refractivity contribution >= 4 is 11.8 Å². The van der Waals surface area contributed by atoms with Crippen LogP contribution >= 0.6 is 0 Å². The van der Waals surface area contributed by atoms with E-state index < -0.39 is 5.67 Å². The fraction of sp³-hybridized carbons (Fsp3) is 0.542. The molecule has 2 aromatic rings. The molecule has 5 rings (SSSR count). The molecule has 1 saturated carbocycles. The Kier molecular flexibility index (Phi) is 5.26. The van der Waals surface area contributed by atoms with E-state index >= 15 is 4.39 Å². The van der Waals surface area contributed by atoms with Crippen LogP contribution < -0.4 is 0 Å². The molecule has 1 spiro atoms. The van der Waals surface area contributed by atoms with Gasteiger partial charge in [0, 0.05) is 37.8 Å². The molecule has 0 bridgehead atoms. The molecule has 0 unspecified atom stereocenters. The topological polar surface area (TPSA) is 58.4 Å². The molecular weight excluding hydrogens is 414 g/mol. The number of halogens is 2. The van der Waals surface area contributed by atoms with Crippen LogP contribution in [-0.4, -0.2) is 63.2 Å². The summed E-state index contributed by atoms with van der Waals surface area (Å²) in [5, 5.41) is 4.27. The molecular formula is C24H28F2N4O2. The number of hydrogen-bond acceptors (Lipinski definition) is 3. The first-order valence-electron chi connectivity index (χ1n) is 11.4. The van der Waals surface area contributed by atoms with Gasteiger partial charge in [-0.1, -0.05) is 18.6 Å². The molecule has 0 N–H and O–H groups in total. The lowest BCUT2D eigenvalue weighted by atomic mass is 9.76. The van der Waals surface area contributed by atoms with Crippen molar-refractivity contribution in [1.29, 1.82) is 0 Å². The van der Waals surface area contributed by atoms with E-state index in [1.54, 1.807) is 34.1 Å². The van der Waals surface area contributed by atoms with E-state index in [1.165, 1.54) is 12.1 Å². The van der Waals surface area contributed by atoms with Gasteiger partial charge in [-0.2, -0.15) is 5.10 Å². The minimum absolute atomic E-state index is 0.0775. The molecule has 170 valence electrons. The van der Waals surface area contributed by atoms with Gasteiger partial charge in [0.2, 0.25) is 0 Å². The van der Waals surface area contributed by atoms with E-state index in [4.69, 9.17) is 0 Å². The number of alkyl halides is 1. The molecule has 0 radical (unpaired) electrons. The molecule has 8 heteroatoms. The molecule has 1 aliphatic carbocycles. The molecule has 3 aliphatic rings. The summed E-state index contributed by atoms with van der Waals surface area (Å²) in [5.74, 6) is -0.717. The maximum atomic E-state index is 15.0. The second-order valence-electron chi connectivity index (χ2n) is 9.72. The smallest absolute Gasteiger partial charge is 0.260 e. The summed E-state index contributed by atoms with van der Waals surface area (Å²) in [6.07, 6.45) is 7.32. The largest absolute Gasteiger partial charge is 0.339 e. The van der Waals surface area contributed by atoms with Crippen LogP contribution in [0, 0.1) is 11.2 Å². The third-order valence-electron chi connectivity index (χ3n) is 7.23. The van der Waals surface area contributed by atoms with Crippen LogP contribution in [0.25, 0.3) is 0 Å². The van der Waals surface area contributed by atoms with Crippen LogP contribution in [0.4, 0.5) is 8.78 Å². The van der Waals surface area contributed by atoms with E-state index in [0.717, 1.165) is 31.2 Å². The van der Waals surface area contributed by atoms with E-state index in [-0.39, 0.29) is 23.0 Å². The van der Waals surface area contributed by atoms with Crippen LogP contribution in [-0.2, 0) is 11.3 Å². The van der Waals surface area contributed by atoms with Gasteiger partial charge in [-0.3, -0.25) is 14.3 Å². The summed E-state index contributed by atoms with van der Waals surface area (Å²) in [7, 11) is 0. The second-order valence-corrected chi connectivity index (χ2v) is 9.72. The third kappa shape index (κ3) is 3.91. The highest BCUT2D eigenvalue weighted by Crippen LogP contribution is 2.43. The Bertz CT molecular complexity index is 1010. The van der Waals surface area contributed by atoms with Crippen LogP contribution in [0.2, 0.25) is 0 Å². The lowest BCUT2D eigenvalue weighted by Gasteiger charge is -2.50. The Morgan fingerprint density at radius 3 is 2.38 bits per heavy atom. The van der Waals surface area contributed by atoms with Crippen molar-refractivity contribution in [2.45, 2.75) is 50.7 Å². The van der Waals surface area contributed by atoms with E-state index in [9.17, 15) is 14.0 Å². The van der Waals surface area contributed by atoms with Crippen molar-refractivity contribution in [2.24, 2.45) is 5.41 Å². The van der Waals surface area contributed by atoms with Gasteiger partial charge in [-0.25, -0.2) is 8.78 Å². The van der Waals surface area contributed by atoms with Gasteiger partial charge in [0.25, 0.3) is 11.8 Å². The average Bonchev–Trinajstić information content (AvgIpc) is 3.42. The normalized spacial score (nSPS) is 21.6. The summed E-state index contributed by atoms with van der Waals surface area (Å²) in [4.78, 5) is 29.1. The Balaban J connectivity index is 1.17. The minimum atomic E-state index is -1.69. The number of amides is 2. The third-order valence-corrected chi connectivity index (χ3v) is 7.23. The summed E-state index contributed by atoms with van der Waals surface area (Å²) >= 11 is 0. The van der Waals surface area contributed by atoms with Gasteiger partial charge in [0.05, 0.1) is 18.3 Å².